The summed E-state index contributed by atoms with van der Waals surface area (Å²) >= 11 is 0. The number of rotatable bonds is 4. The van der Waals surface area contributed by atoms with Crippen LogP contribution < -0.4 is 10.3 Å². The van der Waals surface area contributed by atoms with Crippen LogP contribution in [0.5, 0.6) is 5.75 Å². The van der Waals surface area contributed by atoms with Gasteiger partial charge in [0.1, 0.15) is 12.5 Å². The number of aromatic nitrogens is 2. The summed E-state index contributed by atoms with van der Waals surface area (Å²) in [4.78, 5) is 12.1. The van der Waals surface area contributed by atoms with Crippen LogP contribution in [0.3, 0.4) is 0 Å². The first-order chi connectivity index (χ1) is 9.17. The van der Waals surface area contributed by atoms with Crippen molar-refractivity contribution in [3.8, 4) is 16.9 Å². The van der Waals surface area contributed by atoms with Crippen molar-refractivity contribution in [2.24, 2.45) is 0 Å². The number of hydrogen-bond donors (Lipinski definition) is 0. The molecular formula is C13H13FN2O3. The first-order valence-electron chi connectivity index (χ1n) is 5.56. The van der Waals surface area contributed by atoms with E-state index >= 15 is 0 Å². The number of halogens is 1. The van der Waals surface area contributed by atoms with Gasteiger partial charge in [0.05, 0.1) is 13.3 Å². The third-order valence-electron chi connectivity index (χ3n) is 2.61. The lowest BCUT2D eigenvalue weighted by molar-refractivity contribution is 0.115. The molecule has 1 heterocycles. The van der Waals surface area contributed by atoms with E-state index in [1.807, 2.05) is 0 Å². The van der Waals surface area contributed by atoms with Crippen LogP contribution in [0.4, 0.5) is 4.39 Å². The van der Waals surface area contributed by atoms with Crippen molar-refractivity contribution in [2.45, 2.75) is 6.73 Å². The van der Waals surface area contributed by atoms with Gasteiger partial charge in [-0.05, 0) is 17.7 Å². The van der Waals surface area contributed by atoms with Crippen molar-refractivity contribution in [1.29, 1.82) is 0 Å². The van der Waals surface area contributed by atoms with Crippen molar-refractivity contribution in [2.75, 3.05) is 14.2 Å². The maximum atomic E-state index is 12.9. The Labute approximate surface area is 109 Å². The van der Waals surface area contributed by atoms with E-state index < -0.39 is 5.56 Å². The number of nitrogens with zero attached hydrogens (tertiary/aromatic N) is 2. The summed E-state index contributed by atoms with van der Waals surface area (Å²) in [6, 6.07) is 5.76. The first-order valence-corrected chi connectivity index (χ1v) is 5.56. The maximum absolute atomic E-state index is 12.9. The number of hydrogen-bond acceptors (Lipinski definition) is 4. The highest BCUT2D eigenvalue weighted by Crippen LogP contribution is 2.25. The molecule has 0 saturated carbocycles. The molecule has 2 rings (SSSR count). The van der Waals surface area contributed by atoms with Gasteiger partial charge in [0.15, 0.2) is 5.75 Å². The molecule has 6 heteroatoms. The Morgan fingerprint density at radius 2 is 1.95 bits per heavy atom. The third kappa shape index (κ3) is 2.63. The second-order valence-electron chi connectivity index (χ2n) is 3.82. The molecule has 1 aromatic carbocycles. The molecule has 0 amide bonds. The molecule has 0 aliphatic rings. The van der Waals surface area contributed by atoms with E-state index in [0.29, 0.717) is 11.1 Å². The van der Waals surface area contributed by atoms with Crippen molar-refractivity contribution in [3.63, 3.8) is 0 Å². The Bertz CT molecular complexity index is 623. The summed E-state index contributed by atoms with van der Waals surface area (Å²) in [5, 5.41) is 3.98. The molecule has 0 spiro atoms. The molecule has 0 atom stereocenters. The lowest BCUT2D eigenvalue weighted by atomic mass is 10.1. The fourth-order valence-corrected chi connectivity index (χ4v) is 1.72. The van der Waals surface area contributed by atoms with E-state index in [4.69, 9.17) is 9.47 Å². The maximum Gasteiger partial charge on any atom is 0.311 e. The van der Waals surface area contributed by atoms with Gasteiger partial charge in [0, 0.05) is 12.7 Å². The van der Waals surface area contributed by atoms with E-state index in [2.05, 4.69) is 5.10 Å². The Morgan fingerprint density at radius 1 is 1.26 bits per heavy atom. The predicted octanol–water partition coefficient (Wildman–Crippen LogP) is 1.66. The largest absolute Gasteiger partial charge is 0.491 e. The molecule has 0 aliphatic carbocycles. The Kier molecular flexibility index (Phi) is 3.91. The topological polar surface area (TPSA) is 53.4 Å². The normalized spacial score (nSPS) is 10.5. The number of ether oxygens (including phenoxy) is 2. The van der Waals surface area contributed by atoms with Crippen molar-refractivity contribution in [1.82, 2.24) is 9.78 Å². The summed E-state index contributed by atoms with van der Waals surface area (Å²) in [6.07, 6.45) is 1.49. The zero-order valence-electron chi connectivity index (χ0n) is 10.6. The first kappa shape index (κ1) is 13.2. The molecule has 0 fully saturated rings. The summed E-state index contributed by atoms with van der Waals surface area (Å²) in [6.45, 7) is 0.0406. The van der Waals surface area contributed by atoms with E-state index in [-0.39, 0.29) is 18.3 Å². The molecule has 100 valence electrons. The van der Waals surface area contributed by atoms with Crippen LogP contribution in [-0.4, -0.2) is 24.0 Å². The second-order valence-corrected chi connectivity index (χ2v) is 3.82. The standard InChI is InChI=1S/C13H13FN2O3/c1-18-8-16-13(17)12(19-2)11(7-15-16)9-3-5-10(14)6-4-9/h3-7H,8H2,1-2H3. The highest BCUT2D eigenvalue weighted by atomic mass is 19.1. The minimum Gasteiger partial charge on any atom is -0.491 e. The van der Waals surface area contributed by atoms with Gasteiger partial charge in [0.2, 0.25) is 0 Å². The fraction of sp³-hybridized carbons (Fsp3) is 0.231. The summed E-state index contributed by atoms with van der Waals surface area (Å²) < 4.78 is 24.0. The molecule has 5 nitrogen and oxygen atoms in total. The molecule has 0 aliphatic heterocycles. The summed E-state index contributed by atoms with van der Waals surface area (Å²) in [5.74, 6) is -0.193. The summed E-state index contributed by atoms with van der Waals surface area (Å²) in [5.41, 5.74) is 0.776. The SMILES string of the molecule is COCn1ncc(-c2ccc(F)cc2)c(OC)c1=O. The van der Waals surface area contributed by atoms with Gasteiger partial charge in [-0.2, -0.15) is 5.10 Å². The van der Waals surface area contributed by atoms with Gasteiger partial charge < -0.3 is 9.47 Å². The Hall–Kier alpha value is -2.21. The van der Waals surface area contributed by atoms with Crippen molar-refractivity contribution < 1.29 is 13.9 Å². The van der Waals surface area contributed by atoms with Crippen LogP contribution in [-0.2, 0) is 11.5 Å². The molecule has 1 aromatic heterocycles. The lowest BCUT2D eigenvalue weighted by Gasteiger charge is -2.10. The van der Waals surface area contributed by atoms with Crippen molar-refractivity contribution in [3.05, 3.63) is 46.6 Å². The second kappa shape index (κ2) is 5.62. The van der Waals surface area contributed by atoms with Gasteiger partial charge in [0.25, 0.3) is 0 Å². The predicted molar refractivity (Wildman–Crippen MR) is 67.5 cm³/mol. The minimum atomic E-state index is -0.397. The van der Waals surface area contributed by atoms with Gasteiger partial charge in [-0.1, -0.05) is 12.1 Å². The van der Waals surface area contributed by atoms with Crippen LogP contribution in [0.1, 0.15) is 0 Å². The molecule has 0 N–H and O–H groups in total. The van der Waals surface area contributed by atoms with Crippen molar-refractivity contribution >= 4 is 0 Å². The molecule has 19 heavy (non-hydrogen) atoms. The van der Waals surface area contributed by atoms with Crippen LogP contribution in [0.25, 0.3) is 11.1 Å². The Balaban J connectivity index is 2.55. The third-order valence-corrected chi connectivity index (χ3v) is 2.61. The molecule has 2 aromatic rings. The van der Waals surface area contributed by atoms with E-state index in [1.54, 1.807) is 12.1 Å². The summed E-state index contributed by atoms with van der Waals surface area (Å²) in [7, 11) is 2.87. The average Bonchev–Trinajstić information content (AvgIpc) is 2.42. The number of methoxy groups -OCH3 is 2. The zero-order valence-corrected chi connectivity index (χ0v) is 10.6. The minimum absolute atomic E-state index is 0.0406. The van der Waals surface area contributed by atoms with Gasteiger partial charge in [-0.25, -0.2) is 9.07 Å². The molecular weight excluding hydrogens is 251 g/mol. The van der Waals surface area contributed by atoms with Crippen LogP contribution in [0.15, 0.2) is 35.3 Å². The van der Waals surface area contributed by atoms with Gasteiger partial charge in [-0.15, -0.1) is 0 Å². The fourth-order valence-electron chi connectivity index (χ4n) is 1.72. The van der Waals surface area contributed by atoms with Gasteiger partial charge >= 0.3 is 5.56 Å². The molecule has 0 radical (unpaired) electrons. The lowest BCUT2D eigenvalue weighted by Crippen LogP contribution is -2.25. The van der Waals surface area contributed by atoms with E-state index in [9.17, 15) is 9.18 Å². The van der Waals surface area contributed by atoms with Crippen LogP contribution in [0, 0.1) is 5.82 Å². The van der Waals surface area contributed by atoms with E-state index in [0.717, 1.165) is 4.68 Å². The van der Waals surface area contributed by atoms with Crippen LogP contribution in [0.2, 0.25) is 0 Å². The molecule has 0 unspecified atom stereocenters. The van der Waals surface area contributed by atoms with E-state index in [1.165, 1.54) is 32.5 Å². The van der Waals surface area contributed by atoms with Crippen LogP contribution >= 0.6 is 0 Å². The quantitative estimate of drug-likeness (QED) is 0.842. The average molecular weight is 264 g/mol. The molecule has 0 bridgehead atoms. The smallest absolute Gasteiger partial charge is 0.311 e. The van der Waals surface area contributed by atoms with Gasteiger partial charge in [-0.3, -0.25) is 4.79 Å². The highest BCUT2D eigenvalue weighted by Gasteiger charge is 2.13. The zero-order chi connectivity index (χ0) is 13.8. The Morgan fingerprint density at radius 3 is 2.53 bits per heavy atom. The highest BCUT2D eigenvalue weighted by molar-refractivity contribution is 5.68. The number of benzene rings is 1. The monoisotopic (exact) mass is 264 g/mol. The molecule has 0 saturated heterocycles.